The van der Waals surface area contributed by atoms with Crippen LogP contribution in [0.15, 0.2) is 53.4 Å². The SMILES string of the molecule is O=S(=O)(NCc1ccc(F)cc1)c1ccc(CCCl)cc1. The van der Waals surface area contributed by atoms with E-state index in [2.05, 4.69) is 4.72 Å². The van der Waals surface area contributed by atoms with Crippen LogP contribution in [0.3, 0.4) is 0 Å². The zero-order chi connectivity index (χ0) is 15.3. The number of nitrogens with one attached hydrogen (secondary N) is 1. The van der Waals surface area contributed by atoms with Crippen LogP contribution in [-0.2, 0) is 23.0 Å². The zero-order valence-corrected chi connectivity index (χ0v) is 12.8. The highest BCUT2D eigenvalue weighted by Crippen LogP contribution is 2.12. The van der Waals surface area contributed by atoms with Crippen molar-refractivity contribution in [2.45, 2.75) is 17.9 Å². The van der Waals surface area contributed by atoms with Crippen LogP contribution < -0.4 is 4.72 Å². The molecule has 1 N–H and O–H groups in total. The first-order chi connectivity index (χ1) is 10.0. The first kappa shape index (κ1) is 15.9. The van der Waals surface area contributed by atoms with Crippen LogP contribution in [0.1, 0.15) is 11.1 Å². The molecule has 0 spiro atoms. The quantitative estimate of drug-likeness (QED) is 0.829. The molecule has 112 valence electrons. The number of rotatable bonds is 6. The Hall–Kier alpha value is -1.43. The molecule has 6 heteroatoms. The maximum absolute atomic E-state index is 12.8. The highest BCUT2D eigenvalue weighted by molar-refractivity contribution is 7.89. The van der Waals surface area contributed by atoms with Gasteiger partial charge in [-0.05, 0) is 41.8 Å². The Morgan fingerprint density at radius 2 is 1.52 bits per heavy atom. The van der Waals surface area contributed by atoms with Gasteiger partial charge in [0.15, 0.2) is 0 Å². The third kappa shape index (κ3) is 4.52. The summed E-state index contributed by atoms with van der Waals surface area (Å²) in [6.07, 6.45) is 0.699. The highest BCUT2D eigenvalue weighted by Gasteiger charge is 2.13. The number of hydrogen-bond acceptors (Lipinski definition) is 2. The lowest BCUT2D eigenvalue weighted by atomic mass is 10.2. The molecule has 2 aromatic rings. The van der Waals surface area contributed by atoms with E-state index in [9.17, 15) is 12.8 Å². The van der Waals surface area contributed by atoms with Gasteiger partial charge in [0.05, 0.1) is 4.90 Å². The summed E-state index contributed by atoms with van der Waals surface area (Å²) < 4.78 is 39.5. The van der Waals surface area contributed by atoms with Crippen molar-refractivity contribution in [2.24, 2.45) is 0 Å². The second kappa shape index (κ2) is 7.02. The molecule has 0 saturated heterocycles. The standard InChI is InChI=1S/C15H15ClFNO2S/c16-10-9-12-3-7-15(8-4-12)21(19,20)18-11-13-1-5-14(17)6-2-13/h1-8,18H,9-11H2. The van der Waals surface area contributed by atoms with Crippen molar-refractivity contribution in [3.05, 3.63) is 65.5 Å². The summed E-state index contributed by atoms with van der Waals surface area (Å²) >= 11 is 5.64. The van der Waals surface area contributed by atoms with Gasteiger partial charge in [0, 0.05) is 12.4 Å². The Morgan fingerprint density at radius 1 is 0.952 bits per heavy atom. The van der Waals surface area contributed by atoms with Gasteiger partial charge in [-0.15, -0.1) is 11.6 Å². The lowest BCUT2D eigenvalue weighted by Gasteiger charge is -2.07. The van der Waals surface area contributed by atoms with Gasteiger partial charge in [0.25, 0.3) is 0 Å². The smallest absolute Gasteiger partial charge is 0.207 e. The molecule has 0 amide bonds. The van der Waals surface area contributed by atoms with Gasteiger partial charge >= 0.3 is 0 Å². The Balaban J connectivity index is 2.05. The third-order valence-electron chi connectivity index (χ3n) is 3.00. The molecule has 0 saturated carbocycles. The van der Waals surface area contributed by atoms with Crippen molar-refractivity contribution in [3.8, 4) is 0 Å². The van der Waals surface area contributed by atoms with Crippen LogP contribution in [0.4, 0.5) is 4.39 Å². The van der Waals surface area contributed by atoms with E-state index in [4.69, 9.17) is 11.6 Å². The predicted octanol–water partition coefficient (Wildman–Crippen LogP) is 3.09. The van der Waals surface area contributed by atoms with Crippen LogP contribution in [0.2, 0.25) is 0 Å². The van der Waals surface area contributed by atoms with E-state index in [1.54, 1.807) is 36.4 Å². The van der Waals surface area contributed by atoms with E-state index >= 15 is 0 Å². The van der Waals surface area contributed by atoms with Crippen molar-refractivity contribution in [2.75, 3.05) is 5.88 Å². The number of sulfonamides is 1. The van der Waals surface area contributed by atoms with Crippen molar-refractivity contribution in [1.29, 1.82) is 0 Å². The molecule has 0 radical (unpaired) electrons. The van der Waals surface area contributed by atoms with Gasteiger partial charge in [-0.1, -0.05) is 24.3 Å². The van der Waals surface area contributed by atoms with Crippen molar-refractivity contribution in [3.63, 3.8) is 0 Å². The molecule has 2 aromatic carbocycles. The van der Waals surface area contributed by atoms with Gasteiger partial charge in [-0.25, -0.2) is 17.5 Å². The van der Waals surface area contributed by atoms with E-state index in [0.717, 1.165) is 5.56 Å². The summed E-state index contributed by atoms with van der Waals surface area (Å²) in [4.78, 5) is 0.197. The minimum absolute atomic E-state index is 0.117. The van der Waals surface area contributed by atoms with E-state index in [0.29, 0.717) is 17.9 Å². The molecule has 0 bridgehead atoms. The highest BCUT2D eigenvalue weighted by atomic mass is 35.5. The monoisotopic (exact) mass is 327 g/mol. The minimum atomic E-state index is -3.58. The third-order valence-corrected chi connectivity index (χ3v) is 4.60. The molecule has 0 unspecified atom stereocenters. The topological polar surface area (TPSA) is 46.2 Å². The lowest BCUT2D eigenvalue weighted by Crippen LogP contribution is -2.23. The molecule has 0 aliphatic carbocycles. The summed E-state index contributed by atoms with van der Waals surface area (Å²) in [5.41, 5.74) is 1.68. The molecule has 3 nitrogen and oxygen atoms in total. The summed E-state index contributed by atoms with van der Waals surface area (Å²) in [7, 11) is -3.58. The minimum Gasteiger partial charge on any atom is -0.207 e. The Labute approximate surface area is 128 Å². The van der Waals surface area contributed by atoms with Crippen LogP contribution >= 0.6 is 11.6 Å². The molecule has 21 heavy (non-hydrogen) atoms. The van der Waals surface area contributed by atoms with E-state index in [1.165, 1.54) is 12.1 Å². The van der Waals surface area contributed by atoms with Gasteiger partial charge in [0.1, 0.15) is 5.82 Å². The van der Waals surface area contributed by atoms with Crippen LogP contribution in [-0.4, -0.2) is 14.3 Å². The molecule has 0 heterocycles. The Kier molecular flexibility index (Phi) is 5.33. The molecule has 0 aromatic heterocycles. The Bertz CT molecular complexity index is 685. The van der Waals surface area contributed by atoms with Gasteiger partial charge in [-0.2, -0.15) is 0 Å². The summed E-state index contributed by atoms with van der Waals surface area (Å²) in [6, 6.07) is 12.3. The van der Waals surface area contributed by atoms with Crippen LogP contribution in [0.25, 0.3) is 0 Å². The number of alkyl halides is 1. The maximum atomic E-state index is 12.8. The summed E-state index contributed by atoms with van der Waals surface area (Å²) in [5, 5.41) is 0. The molecule has 2 rings (SSSR count). The number of halogens is 2. The van der Waals surface area contributed by atoms with Gasteiger partial charge in [0.2, 0.25) is 10.0 Å². The van der Waals surface area contributed by atoms with Crippen molar-refractivity contribution in [1.82, 2.24) is 4.72 Å². The van der Waals surface area contributed by atoms with E-state index < -0.39 is 10.0 Å². The van der Waals surface area contributed by atoms with Gasteiger partial charge in [-0.3, -0.25) is 0 Å². The molecule has 0 aliphatic heterocycles. The van der Waals surface area contributed by atoms with Crippen molar-refractivity contribution < 1.29 is 12.8 Å². The zero-order valence-electron chi connectivity index (χ0n) is 11.2. The summed E-state index contributed by atoms with van der Waals surface area (Å²) in [5.74, 6) is 0.144. The van der Waals surface area contributed by atoms with Crippen molar-refractivity contribution >= 4 is 21.6 Å². The van der Waals surface area contributed by atoms with Crippen LogP contribution in [0.5, 0.6) is 0 Å². The molecule has 0 fully saturated rings. The average Bonchev–Trinajstić information content (AvgIpc) is 2.48. The fourth-order valence-electron chi connectivity index (χ4n) is 1.81. The maximum Gasteiger partial charge on any atom is 0.240 e. The first-order valence-electron chi connectivity index (χ1n) is 6.40. The Morgan fingerprint density at radius 3 is 2.10 bits per heavy atom. The summed E-state index contributed by atoms with van der Waals surface area (Å²) in [6.45, 7) is 0.117. The number of aryl methyl sites for hydroxylation is 1. The fraction of sp³-hybridized carbons (Fsp3) is 0.200. The van der Waals surface area contributed by atoms with E-state index in [1.807, 2.05) is 0 Å². The van der Waals surface area contributed by atoms with Gasteiger partial charge < -0.3 is 0 Å². The molecular formula is C15H15ClFNO2S. The second-order valence-corrected chi connectivity index (χ2v) is 6.68. The number of benzene rings is 2. The molecule has 0 aliphatic rings. The first-order valence-corrected chi connectivity index (χ1v) is 8.42. The molecular weight excluding hydrogens is 313 g/mol. The van der Waals surface area contributed by atoms with Crippen LogP contribution in [0, 0.1) is 5.82 Å². The fourth-order valence-corrected chi connectivity index (χ4v) is 3.04. The normalized spacial score (nSPS) is 11.5. The molecule has 0 atom stereocenters. The largest absolute Gasteiger partial charge is 0.240 e. The average molecular weight is 328 g/mol. The second-order valence-electron chi connectivity index (χ2n) is 4.53. The predicted molar refractivity (Wildman–Crippen MR) is 81.3 cm³/mol. The number of hydrogen-bond donors (Lipinski definition) is 1. The lowest BCUT2D eigenvalue weighted by molar-refractivity contribution is 0.581. The van der Waals surface area contributed by atoms with E-state index in [-0.39, 0.29) is 17.3 Å².